The molecule has 7 heteroatoms. The SMILES string of the molecule is Cc1ccc2[nH]ncc2c1-c1cc2c(oc3cccnc32)c(C(N)=O)c1N. The van der Waals surface area contributed by atoms with Crippen LogP contribution in [0.25, 0.3) is 44.1 Å². The Hall–Kier alpha value is -3.87. The number of aromatic amines is 1. The Morgan fingerprint density at radius 3 is 2.89 bits per heavy atom. The number of rotatable bonds is 2. The normalized spacial score (nSPS) is 11.6. The van der Waals surface area contributed by atoms with Crippen LogP contribution in [0.15, 0.2) is 47.1 Å². The summed E-state index contributed by atoms with van der Waals surface area (Å²) in [6, 6.07) is 9.42. The number of hydrogen-bond donors (Lipinski definition) is 3. The van der Waals surface area contributed by atoms with Gasteiger partial charge in [0.15, 0.2) is 11.2 Å². The molecular weight excluding hydrogens is 342 g/mol. The van der Waals surface area contributed by atoms with E-state index in [4.69, 9.17) is 15.9 Å². The number of aromatic nitrogens is 3. The number of nitrogen functional groups attached to an aromatic ring is 1. The molecule has 132 valence electrons. The standard InChI is InChI=1S/C20H15N5O2/c1-9-4-5-13-12(8-24-25-13)15(9)10-7-11-18-14(3-2-6-23-18)27-19(11)16(17(10)21)20(22)26/h2-8H,21H2,1H3,(H2,22,26)(H,24,25). The van der Waals surface area contributed by atoms with Crippen LogP contribution in [0.1, 0.15) is 15.9 Å². The van der Waals surface area contributed by atoms with E-state index in [1.54, 1.807) is 24.5 Å². The van der Waals surface area contributed by atoms with E-state index >= 15 is 0 Å². The van der Waals surface area contributed by atoms with E-state index < -0.39 is 5.91 Å². The molecule has 0 aliphatic carbocycles. The number of carbonyl (C=O) groups is 1. The largest absolute Gasteiger partial charge is 0.453 e. The number of furan rings is 1. The molecule has 1 amide bonds. The predicted octanol–water partition coefficient (Wildman–Crippen LogP) is 3.51. The minimum absolute atomic E-state index is 0.167. The third-order valence-corrected chi connectivity index (χ3v) is 4.91. The van der Waals surface area contributed by atoms with Crippen molar-refractivity contribution in [2.75, 3.05) is 5.73 Å². The fourth-order valence-electron chi connectivity index (χ4n) is 3.68. The fraction of sp³-hybridized carbons (Fsp3) is 0.0500. The molecule has 0 radical (unpaired) electrons. The van der Waals surface area contributed by atoms with Crippen LogP contribution in [-0.4, -0.2) is 21.1 Å². The molecule has 0 spiro atoms. The predicted molar refractivity (Wildman–Crippen MR) is 104 cm³/mol. The van der Waals surface area contributed by atoms with Gasteiger partial charge < -0.3 is 15.9 Å². The van der Waals surface area contributed by atoms with Gasteiger partial charge in [-0.05, 0) is 42.3 Å². The van der Waals surface area contributed by atoms with Crippen LogP contribution >= 0.6 is 0 Å². The molecule has 27 heavy (non-hydrogen) atoms. The summed E-state index contributed by atoms with van der Waals surface area (Å²) in [5.41, 5.74) is 17.6. The van der Waals surface area contributed by atoms with Gasteiger partial charge in [-0.3, -0.25) is 14.9 Å². The first kappa shape index (κ1) is 15.4. The Balaban J connectivity index is 2.00. The van der Waals surface area contributed by atoms with Gasteiger partial charge in [0.1, 0.15) is 11.1 Å². The summed E-state index contributed by atoms with van der Waals surface area (Å²) < 4.78 is 5.86. The molecule has 3 aromatic heterocycles. The van der Waals surface area contributed by atoms with E-state index in [1.807, 2.05) is 25.1 Å². The lowest BCUT2D eigenvalue weighted by Crippen LogP contribution is -2.14. The van der Waals surface area contributed by atoms with Crippen molar-refractivity contribution in [3.63, 3.8) is 0 Å². The summed E-state index contributed by atoms with van der Waals surface area (Å²) in [5, 5.41) is 8.70. The number of aryl methyl sites for hydroxylation is 1. The molecule has 0 aliphatic heterocycles. The molecule has 0 aliphatic rings. The second-order valence-electron chi connectivity index (χ2n) is 6.49. The number of anilines is 1. The Bertz CT molecular complexity index is 1380. The van der Waals surface area contributed by atoms with Crippen LogP contribution in [0, 0.1) is 6.92 Å². The highest BCUT2D eigenvalue weighted by Gasteiger charge is 2.23. The van der Waals surface area contributed by atoms with Crippen LogP contribution in [0.5, 0.6) is 0 Å². The van der Waals surface area contributed by atoms with Crippen LogP contribution in [0.2, 0.25) is 0 Å². The van der Waals surface area contributed by atoms with Gasteiger partial charge in [-0.15, -0.1) is 0 Å². The molecule has 5 N–H and O–H groups in total. The van der Waals surface area contributed by atoms with Gasteiger partial charge in [0.2, 0.25) is 0 Å². The average Bonchev–Trinajstić information content (AvgIpc) is 3.25. The molecule has 0 fully saturated rings. The summed E-state index contributed by atoms with van der Waals surface area (Å²) in [6.45, 7) is 1.99. The first-order valence-electron chi connectivity index (χ1n) is 8.39. The van der Waals surface area contributed by atoms with Crippen LogP contribution in [-0.2, 0) is 0 Å². The lowest BCUT2D eigenvalue weighted by molar-refractivity contribution is 0.100. The highest BCUT2D eigenvalue weighted by Crippen LogP contribution is 2.41. The Labute approximate surface area is 153 Å². The minimum Gasteiger partial charge on any atom is -0.453 e. The maximum Gasteiger partial charge on any atom is 0.254 e. The highest BCUT2D eigenvalue weighted by molar-refractivity contribution is 6.18. The van der Waals surface area contributed by atoms with E-state index in [-0.39, 0.29) is 11.3 Å². The van der Waals surface area contributed by atoms with E-state index in [0.29, 0.717) is 27.6 Å². The van der Waals surface area contributed by atoms with Gasteiger partial charge in [-0.2, -0.15) is 5.10 Å². The van der Waals surface area contributed by atoms with Crippen LogP contribution in [0.3, 0.4) is 0 Å². The van der Waals surface area contributed by atoms with Gasteiger partial charge in [-0.25, -0.2) is 0 Å². The molecule has 0 saturated heterocycles. The first-order chi connectivity index (χ1) is 13.1. The van der Waals surface area contributed by atoms with Gasteiger partial charge in [0.25, 0.3) is 5.91 Å². The number of nitrogens with zero attached hydrogens (tertiary/aromatic N) is 2. The number of benzene rings is 2. The Kier molecular flexibility index (Phi) is 3.03. The maximum atomic E-state index is 12.2. The fourth-order valence-corrected chi connectivity index (χ4v) is 3.68. The van der Waals surface area contributed by atoms with Crippen molar-refractivity contribution < 1.29 is 9.21 Å². The molecule has 5 aromatic rings. The lowest BCUT2D eigenvalue weighted by atomic mass is 9.92. The minimum atomic E-state index is -0.643. The number of hydrogen-bond acceptors (Lipinski definition) is 5. The smallest absolute Gasteiger partial charge is 0.254 e. The molecule has 3 heterocycles. The molecule has 0 atom stereocenters. The van der Waals surface area contributed by atoms with Crippen molar-refractivity contribution in [1.82, 2.24) is 15.2 Å². The molecule has 5 rings (SSSR count). The molecule has 0 unspecified atom stereocenters. The summed E-state index contributed by atoms with van der Waals surface area (Å²) in [4.78, 5) is 16.6. The van der Waals surface area contributed by atoms with Gasteiger partial charge in [0, 0.05) is 22.5 Å². The van der Waals surface area contributed by atoms with Gasteiger partial charge >= 0.3 is 0 Å². The Morgan fingerprint density at radius 1 is 1.22 bits per heavy atom. The van der Waals surface area contributed by atoms with Crippen molar-refractivity contribution in [3.05, 3.63) is 53.9 Å². The van der Waals surface area contributed by atoms with E-state index in [9.17, 15) is 4.79 Å². The van der Waals surface area contributed by atoms with Crippen molar-refractivity contribution >= 4 is 44.6 Å². The number of primary amides is 1. The third kappa shape index (κ3) is 2.05. The number of fused-ring (bicyclic) bond motifs is 4. The van der Waals surface area contributed by atoms with Crippen molar-refractivity contribution in [2.45, 2.75) is 6.92 Å². The van der Waals surface area contributed by atoms with Crippen molar-refractivity contribution in [1.29, 1.82) is 0 Å². The average molecular weight is 357 g/mol. The molecule has 2 aromatic carbocycles. The zero-order chi connectivity index (χ0) is 18.7. The van der Waals surface area contributed by atoms with Crippen LogP contribution < -0.4 is 11.5 Å². The number of pyridine rings is 1. The summed E-state index contributed by atoms with van der Waals surface area (Å²) in [7, 11) is 0. The lowest BCUT2D eigenvalue weighted by Gasteiger charge is -2.13. The second-order valence-corrected chi connectivity index (χ2v) is 6.49. The highest BCUT2D eigenvalue weighted by atomic mass is 16.3. The topological polar surface area (TPSA) is 124 Å². The number of amides is 1. The van der Waals surface area contributed by atoms with Crippen molar-refractivity contribution in [2.24, 2.45) is 5.73 Å². The molecule has 0 bridgehead atoms. The first-order valence-corrected chi connectivity index (χ1v) is 8.39. The number of H-pyrrole nitrogens is 1. The zero-order valence-corrected chi connectivity index (χ0v) is 14.4. The maximum absolute atomic E-state index is 12.2. The Morgan fingerprint density at radius 2 is 2.07 bits per heavy atom. The molecular formula is C20H15N5O2. The third-order valence-electron chi connectivity index (χ3n) is 4.91. The van der Waals surface area contributed by atoms with Crippen LogP contribution in [0.4, 0.5) is 5.69 Å². The van der Waals surface area contributed by atoms with Gasteiger partial charge in [0.05, 0.1) is 17.4 Å². The van der Waals surface area contributed by atoms with E-state index in [0.717, 1.165) is 22.0 Å². The monoisotopic (exact) mass is 357 g/mol. The second kappa shape index (κ2) is 5.31. The van der Waals surface area contributed by atoms with E-state index in [2.05, 4.69) is 15.2 Å². The summed E-state index contributed by atoms with van der Waals surface area (Å²) >= 11 is 0. The number of carbonyl (C=O) groups excluding carboxylic acids is 1. The summed E-state index contributed by atoms with van der Waals surface area (Å²) in [5.74, 6) is -0.643. The summed E-state index contributed by atoms with van der Waals surface area (Å²) in [6.07, 6.45) is 3.43. The zero-order valence-electron chi connectivity index (χ0n) is 14.4. The molecule has 0 saturated carbocycles. The van der Waals surface area contributed by atoms with Crippen molar-refractivity contribution in [3.8, 4) is 11.1 Å². The van der Waals surface area contributed by atoms with E-state index in [1.165, 1.54) is 0 Å². The molecule has 7 nitrogen and oxygen atoms in total. The quantitative estimate of drug-likeness (QED) is 0.417. The number of nitrogens with two attached hydrogens (primary N) is 2. The number of nitrogens with one attached hydrogen (secondary N) is 1. The van der Waals surface area contributed by atoms with Gasteiger partial charge in [-0.1, -0.05) is 6.07 Å².